The fraction of sp³-hybridized carbons (Fsp3) is 0.333. The summed E-state index contributed by atoms with van der Waals surface area (Å²) in [6.07, 6.45) is 1.22. The number of aliphatic carboxylic acids is 1. The van der Waals surface area contributed by atoms with Crippen LogP contribution in [0.1, 0.15) is 12.6 Å². The number of carboxylic acids is 1. The van der Waals surface area contributed by atoms with Crippen LogP contribution in [0.25, 0.3) is 0 Å². The second kappa shape index (κ2) is 7.72. The topological polar surface area (TPSA) is 120 Å². The summed E-state index contributed by atoms with van der Waals surface area (Å²) in [5, 5.41) is 16.2. The van der Waals surface area contributed by atoms with Gasteiger partial charge in [-0.1, -0.05) is 0 Å². The Morgan fingerprint density at radius 1 is 1.20 bits per heavy atom. The molecule has 0 unspecified atom stereocenters. The van der Waals surface area contributed by atoms with Gasteiger partial charge in [-0.15, -0.1) is 0 Å². The smallest absolute Gasteiger partial charge is 0.319 e. The summed E-state index contributed by atoms with van der Waals surface area (Å²) in [5.41, 5.74) is 0.866. The number of hydrogen-bond donors (Lipinski definition) is 4. The van der Waals surface area contributed by atoms with Gasteiger partial charge in [0.2, 0.25) is 5.91 Å². The molecule has 0 spiro atoms. The Balaban J connectivity index is 2.34. The predicted molar refractivity (Wildman–Crippen MR) is 71.3 cm³/mol. The zero-order valence-electron chi connectivity index (χ0n) is 11.0. The molecular formula is C12H16N4O4. The molecule has 3 amide bonds. The van der Waals surface area contributed by atoms with E-state index in [2.05, 4.69) is 20.9 Å². The molecule has 0 atom stereocenters. The van der Waals surface area contributed by atoms with Gasteiger partial charge < -0.3 is 21.1 Å². The maximum Gasteiger partial charge on any atom is 0.319 e. The van der Waals surface area contributed by atoms with E-state index in [0.29, 0.717) is 24.5 Å². The highest BCUT2D eigenvalue weighted by Crippen LogP contribution is 2.06. The molecule has 1 aromatic rings. The quantitative estimate of drug-likeness (QED) is 0.545. The second-order valence-corrected chi connectivity index (χ2v) is 3.97. The maximum absolute atomic E-state index is 11.5. The molecule has 0 radical (unpaired) electrons. The van der Waals surface area contributed by atoms with Gasteiger partial charge >= 0.3 is 12.0 Å². The number of anilines is 1. The van der Waals surface area contributed by atoms with Crippen molar-refractivity contribution >= 4 is 23.6 Å². The van der Waals surface area contributed by atoms with Crippen molar-refractivity contribution in [3.63, 3.8) is 0 Å². The summed E-state index contributed by atoms with van der Waals surface area (Å²) < 4.78 is 0. The van der Waals surface area contributed by atoms with E-state index in [9.17, 15) is 14.4 Å². The molecule has 108 valence electrons. The lowest BCUT2D eigenvalue weighted by Gasteiger charge is -2.08. The molecule has 0 aliphatic rings. The Labute approximate surface area is 115 Å². The molecule has 8 nitrogen and oxygen atoms in total. The fourth-order valence-corrected chi connectivity index (χ4v) is 1.35. The Morgan fingerprint density at radius 3 is 2.45 bits per heavy atom. The lowest BCUT2D eigenvalue weighted by molar-refractivity contribution is -0.136. The predicted octanol–water partition coefficient (Wildman–Crippen LogP) is -0.0337. The molecule has 0 bridgehead atoms. The number of pyridine rings is 1. The molecule has 1 heterocycles. The molecule has 0 aromatic carbocycles. The van der Waals surface area contributed by atoms with Gasteiger partial charge in [-0.05, 0) is 12.1 Å². The standard InChI is InChI=1S/C12H16N4O4/c1-8(17)13-4-5-14-12(20)16-10-3-2-9(15-7-10)6-11(18)19/h2-3,7H,4-6H2,1H3,(H,13,17)(H,18,19)(H2,14,16,20). The Hall–Kier alpha value is -2.64. The first kappa shape index (κ1) is 15.4. The molecule has 4 N–H and O–H groups in total. The first-order chi connectivity index (χ1) is 9.47. The molecule has 0 saturated carbocycles. The van der Waals surface area contributed by atoms with Crippen molar-refractivity contribution in [3.8, 4) is 0 Å². The summed E-state index contributed by atoms with van der Waals surface area (Å²) in [6.45, 7) is 2.04. The SMILES string of the molecule is CC(=O)NCCNC(=O)Nc1ccc(CC(=O)O)nc1. The Bertz CT molecular complexity index is 487. The number of carbonyl (C=O) groups is 3. The Kier molecular flexibility index (Phi) is 5.95. The van der Waals surface area contributed by atoms with Crippen molar-refractivity contribution in [3.05, 3.63) is 24.0 Å². The van der Waals surface area contributed by atoms with Crippen molar-refractivity contribution in [2.75, 3.05) is 18.4 Å². The molecule has 8 heteroatoms. The highest BCUT2D eigenvalue weighted by molar-refractivity contribution is 5.89. The highest BCUT2D eigenvalue weighted by Gasteiger charge is 2.04. The normalized spacial score (nSPS) is 9.65. The van der Waals surface area contributed by atoms with E-state index < -0.39 is 12.0 Å². The van der Waals surface area contributed by atoms with Crippen LogP contribution in [0.3, 0.4) is 0 Å². The van der Waals surface area contributed by atoms with E-state index in [1.165, 1.54) is 19.2 Å². The lowest BCUT2D eigenvalue weighted by atomic mass is 10.2. The van der Waals surface area contributed by atoms with Gasteiger partial charge in [-0.25, -0.2) is 4.79 Å². The van der Waals surface area contributed by atoms with Crippen LogP contribution in [0.15, 0.2) is 18.3 Å². The number of nitrogens with one attached hydrogen (secondary N) is 3. The van der Waals surface area contributed by atoms with Gasteiger partial charge in [0.15, 0.2) is 0 Å². The van der Waals surface area contributed by atoms with Gasteiger partial charge in [0, 0.05) is 20.0 Å². The van der Waals surface area contributed by atoms with Crippen molar-refractivity contribution in [2.24, 2.45) is 0 Å². The zero-order chi connectivity index (χ0) is 15.0. The van der Waals surface area contributed by atoms with Crippen LogP contribution < -0.4 is 16.0 Å². The van der Waals surface area contributed by atoms with Gasteiger partial charge in [0.25, 0.3) is 0 Å². The van der Waals surface area contributed by atoms with Crippen LogP contribution in [-0.4, -0.2) is 41.1 Å². The van der Waals surface area contributed by atoms with E-state index in [0.717, 1.165) is 0 Å². The highest BCUT2D eigenvalue weighted by atomic mass is 16.4. The first-order valence-electron chi connectivity index (χ1n) is 5.93. The minimum absolute atomic E-state index is 0.162. The summed E-state index contributed by atoms with van der Waals surface area (Å²) in [6, 6.07) is 2.67. The summed E-state index contributed by atoms with van der Waals surface area (Å²) in [5.74, 6) is -1.13. The minimum atomic E-state index is -0.964. The average molecular weight is 280 g/mol. The van der Waals surface area contributed by atoms with E-state index in [-0.39, 0.29) is 12.3 Å². The molecule has 20 heavy (non-hydrogen) atoms. The molecular weight excluding hydrogens is 264 g/mol. The van der Waals surface area contributed by atoms with Crippen LogP contribution >= 0.6 is 0 Å². The van der Waals surface area contributed by atoms with Gasteiger partial charge in [-0.2, -0.15) is 0 Å². The van der Waals surface area contributed by atoms with Gasteiger partial charge in [0.05, 0.1) is 24.0 Å². The van der Waals surface area contributed by atoms with E-state index in [4.69, 9.17) is 5.11 Å². The molecule has 1 aromatic heterocycles. The molecule has 0 saturated heterocycles. The second-order valence-electron chi connectivity index (χ2n) is 3.97. The van der Waals surface area contributed by atoms with Crippen LogP contribution in [0.4, 0.5) is 10.5 Å². The largest absolute Gasteiger partial charge is 0.481 e. The number of hydrogen-bond acceptors (Lipinski definition) is 4. The third-order valence-electron chi connectivity index (χ3n) is 2.20. The van der Waals surface area contributed by atoms with Crippen molar-refractivity contribution in [1.82, 2.24) is 15.6 Å². The van der Waals surface area contributed by atoms with E-state index >= 15 is 0 Å². The Morgan fingerprint density at radius 2 is 1.90 bits per heavy atom. The number of rotatable bonds is 6. The third-order valence-corrected chi connectivity index (χ3v) is 2.20. The molecule has 0 fully saturated rings. The summed E-state index contributed by atoms with van der Waals surface area (Å²) in [4.78, 5) is 36.4. The number of aromatic nitrogens is 1. The summed E-state index contributed by atoms with van der Waals surface area (Å²) >= 11 is 0. The number of nitrogens with zero attached hydrogens (tertiary/aromatic N) is 1. The molecule has 1 rings (SSSR count). The van der Waals surface area contributed by atoms with Gasteiger partial charge in [-0.3, -0.25) is 14.6 Å². The number of urea groups is 1. The fourth-order valence-electron chi connectivity index (χ4n) is 1.35. The third kappa shape index (κ3) is 6.34. The van der Waals surface area contributed by atoms with E-state index in [1.54, 1.807) is 6.07 Å². The first-order valence-corrected chi connectivity index (χ1v) is 5.93. The number of carboxylic acid groups (broad SMARTS) is 1. The lowest BCUT2D eigenvalue weighted by Crippen LogP contribution is -2.36. The number of carbonyl (C=O) groups excluding carboxylic acids is 2. The molecule has 0 aliphatic carbocycles. The van der Waals surface area contributed by atoms with Crippen LogP contribution in [-0.2, 0) is 16.0 Å². The van der Waals surface area contributed by atoms with Crippen molar-refractivity contribution in [2.45, 2.75) is 13.3 Å². The number of amides is 3. The van der Waals surface area contributed by atoms with Crippen molar-refractivity contribution in [1.29, 1.82) is 0 Å². The van der Waals surface area contributed by atoms with Crippen LogP contribution in [0, 0.1) is 0 Å². The van der Waals surface area contributed by atoms with Crippen LogP contribution in [0.5, 0.6) is 0 Å². The van der Waals surface area contributed by atoms with Gasteiger partial charge in [0.1, 0.15) is 0 Å². The van der Waals surface area contributed by atoms with Crippen LogP contribution in [0.2, 0.25) is 0 Å². The summed E-state index contributed by atoms with van der Waals surface area (Å²) in [7, 11) is 0. The average Bonchev–Trinajstić information content (AvgIpc) is 2.36. The van der Waals surface area contributed by atoms with Crippen molar-refractivity contribution < 1.29 is 19.5 Å². The van der Waals surface area contributed by atoms with E-state index in [1.807, 2.05) is 0 Å². The minimum Gasteiger partial charge on any atom is -0.481 e. The zero-order valence-corrected chi connectivity index (χ0v) is 11.0. The molecule has 0 aliphatic heterocycles. The maximum atomic E-state index is 11.5. The monoisotopic (exact) mass is 280 g/mol.